The van der Waals surface area contributed by atoms with Crippen molar-refractivity contribution in [1.82, 2.24) is 9.80 Å². The maximum atomic E-state index is 12.4. The summed E-state index contributed by atoms with van der Waals surface area (Å²) in [6.45, 7) is 3.64. The zero-order valence-corrected chi connectivity index (χ0v) is 13.1. The van der Waals surface area contributed by atoms with Crippen LogP contribution in [0.5, 0.6) is 0 Å². The van der Waals surface area contributed by atoms with Crippen LogP contribution in [0.15, 0.2) is 18.2 Å². The molecule has 0 saturated carbocycles. The van der Waals surface area contributed by atoms with Crippen LogP contribution < -0.4 is 0 Å². The first-order valence-corrected chi connectivity index (χ1v) is 7.37. The van der Waals surface area contributed by atoms with E-state index in [1.165, 1.54) is 0 Å². The molecule has 1 unspecified atom stereocenters. The summed E-state index contributed by atoms with van der Waals surface area (Å²) in [7, 11) is 0. The number of amides is 1. The molecule has 1 atom stereocenters. The van der Waals surface area contributed by atoms with Crippen molar-refractivity contribution in [1.29, 1.82) is 0 Å². The van der Waals surface area contributed by atoms with E-state index in [2.05, 4.69) is 0 Å². The first-order valence-electron chi connectivity index (χ1n) is 6.62. The van der Waals surface area contributed by atoms with E-state index in [0.717, 1.165) is 0 Å². The lowest BCUT2D eigenvalue weighted by Crippen LogP contribution is -2.53. The number of carboxylic acid groups (broad SMARTS) is 1. The van der Waals surface area contributed by atoms with Crippen LogP contribution in [-0.4, -0.2) is 59.0 Å². The van der Waals surface area contributed by atoms with Crippen LogP contribution in [0.25, 0.3) is 0 Å². The predicted molar refractivity (Wildman–Crippen MR) is 81.0 cm³/mol. The second kappa shape index (κ2) is 6.64. The van der Waals surface area contributed by atoms with Crippen molar-refractivity contribution in [3.63, 3.8) is 0 Å². The lowest BCUT2D eigenvalue weighted by atomic mass is 10.1. The van der Waals surface area contributed by atoms with Gasteiger partial charge in [-0.05, 0) is 19.1 Å². The minimum atomic E-state index is -0.854. The zero-order chi connectivity index (χ0) is 15.6. The van der Waals surface area contributed by atoms with Gasteiger partial charge in [-0.2, -0.15) is 0 Å². The molecule has 2 rings (SSSR count). The van der Waals surface area contributed by atoms with E-state index in [9.17, 15) is 9.59 Å². The van der Waals surface area contributed by atoms with Gasteiger partial charge in [-0.25, -0.2) is 0 Å². The fourth-order valence-electron chi connectivity index (χ4n) is 2.31. The van der Waals surface area contributed by atoms with Crippen molar-refractivity contribution >= 4 is 35.1 Å². The molecule has 0 aromatic heterocycles. The number of carboxylic acids is 1. The largest absolute Gasteiger partial charge is 0.480 e. The van der Waals surface area contributed by atoms with Gasteiger partial charge in [-0.15, -0.1) is 0 Å². The van der Waals surface area contributed by atoms with E-state index >= 15 is 0 Å². The molecule has 1 saturated heterocycles. The third kappa shape index (κ3) is 3.48. The van der Waals surface area contributed by atoms with E-state index in [1.807, 2.05) is 4.90 Å². The van der Waals surface area contributed by atoms with Crippen molar-refractivity contribution < 1.29 is 14.7 Å². The van der Waals surface area contributed by atoms with Crippen molar-refractivity contribution in [3.05, 3.63) is 33.8 Å². The standard InChI is InChI=1S/C14H16Cl2N2O3/c1-9(14(20)21)17-5-7-18(8-6-17)13(19)10-3-2-4-11(15)12(10)16/h2-4,9H,5-8H2,1H3,(H,20,21). The smallest absolute Gasteiger partial charge is 0.320 e. The van der Waals surface area contributed by atoms with Gasteiger partial charge >= 0.3 is 5.97 Å². The molecule has 0 aliphatic carbocycles. The second-order valence-corrected chi connectivity index (χ2v) is 5.73. The SMILES string of the molecule is CC(C(=O)O)N1CCN(C(=O)c2cccc(Cl)c2Cl)CC1. The summed E-state index contributed by atoms with van der Waals surface area (Å²) >= 11 is 12.0. The summed E-state index contributed by atoms with van der Waals surface area (Å²) in [6, 6.07) is 4.41. The Morgan fingerprint density at radius 2 is 1.81 bits per heavy atom. The number of piperazine rings is 1. The summed E-state index contributed by atoms with van der Waals surface area (Å²) in [6.07, 6.45) is 0. The molecule has 21 heavy (non-hydrogen) atoms. The highest BCUT2D eigenvalue weighted by Gasteiger charge is 2.28. The van der Waals surface area contributed by atoms with Gasteiger partial charge in [0.25, 0.3) is 5.91 Å². The number of hydrogen-bond acceptors (Lipinski definition) is 3. The van der Waals surface area contributed by atoms with Crippen molar-refractivity contribution in [3.8, 4) is 0 Å². The average Bonchev–Trinajstić information content (AvgIpc) is 2.48. The molecule has 1 aliphatic heterocycles. The third-order valence-corrected chi connectivity index (χ3v) is 4.51. The maximum Gasteiger partial charge on any atom is 0.320 e. The van der Waals surface area contributed by atoms with Crippen LogP contribution >= 0.6 is 23.2 Å². The zero-order valence-electron chi connectivity index (χ0n) is 11.6. The first kappa shape index (κ1) is 16.1. The summed E-state index contributed by atoms with van der Waals surface area (Å²) in [5.74, 6) is -1.03. The summed E-state index contributed by atoms with van der Waals surface area (Å²) in [5.41, 5.74) is 0.379. The van der Waals surface area contributed by atoms with Crippen LogP contribution in [0, 0.1) is 0 Å². The molecule has 7 heteroatoms. The number of benzene rings is 1. The quantitative estimate of drug-likeness (QED) is 0.923. The van der Waals surface area contributed by atoms with Gasteiger partial charge in [0.05, 0.1) is 15.6 Å². The minimum absolute atomic E-state index is 0.176. The normalized spacial score (nSPS) is 17.6. The van der Waals surface area contributed by atoms with E-state index in [-0.39, 0.29) is 10.9 Å². The van der Waals surface area contributed by atoms with Crippen LogP contribution in [-0.2, 0) is 4.79 Å². The molecule has 0 bridgehead atoms. The fourth-order valence-corrected chi connectivity index (χ4v) is 2.69. The van der Waals surface area contributed by atoms with Gasteiger partial charge in [0.15, 0.2) is 0 Å². The Labute approximate surface area is 133 Å². The lowest BCUT2D eigenvalue weighted by molar-refractivity contribution is -0.143. The number of halogens is 2. The highest BCUT2D eigenvalue weighted by Crippen LogP contribution is 2.26. The van der Waals surface area contributed by atoms with Gasteiger partial charge in [-0.3, -0.25) is 14.5 Å². The Balaban J connectivity index is 2.04. The Hall–Kier alpha value is -1.30. The van der Waals surface area contributed by atoms with E-state index in [0.29, 0.717) is 36.8 Å². The van der Waals surface area contributed by atoms with Gasteiger partial charge in [-0.1, -0.05) is 29.3 Å². The topological polar surface area (TPSA) is 60.9 Å². The summed E-state index contributed by atoms with van der Waals surface area (Å²) in [4.78, 5) is 26.9. The predicted octanol–water partition coefficient (Wildman–Crippen LogP) is 2.22. The summed E-state index contributed by atoms with van der Waals surface area (Å²) in [5, 5.41) is 9.60. The number of hydrogen-bond donors (Lipinski definition) is 1. The Morgan fingerprint density at radius 1 is 1.19 bits per heavy atom. The molecular formula is C14H16Cl2N2O3. The number of nitrogens with zero attached hydrogens (tertiary/aromatic N) is 2. The Bertz CT molecular complexity index is 557. The number of rotatable bonds is 3. The monoisotopic (exact) mass is 330 g/mol. The molecule has 1 aromatic carbocycles. The molecule has 1 N–H and O–H groups in total. The van der Waals surface area contributed by atoms with Crippen LogP contribution in [0.3, 0.4) is 0 Å². The second-order valence-electron chi connectivity index (χ2n) is 4.94. The molecule has 5 nitrogen and oxygen atoms in total. The van der Waals surface area contributed by atoms with Gasteiger partial charge < -0.3 is 10.0 Å². The third-order valence-electron chi connectivity index (χ3n) is 3.69. The molecule has 1 fully saturated rings. The molecule has 0 spiro atoms. The highest BCUT2D eigenvalue weighted by atomic mass is 35.5. The number of aliphatic carboxylic acids is 1. The van der Waals surface area contributed by atoms with Crippen LogP contribution in [0.4, 0.5) is 0 Å². The average molecular weight is 331 g/mol. The van der Waals surface area contributed by atoms with Crippen molar-refractivity contribution in [2.45, 2.75) is 13.0 Å². The molecule has 1 heterocycles. The molecule has 0 radical (unpaired) electrons. The van der Waals surface area contributed by atoms with E-state index in [4.69, 9.17) is 28.3 Å². The van der Waals surface area contributed by atoms with E-state index in [1.54, 1.807) is 30.0 Å². The van der Waals surface area contributed by atoms with Crippen LogP contribution in [0.2, 0.25) is 10.0 Å². The van der Waals surface area contributed by atoms with Crippen LogP contribution in [0.1, 0.15) is 17.3 Å². The maximum absolute atomic E-state index is 12.4. The number of carbonyl (C=O) groups is 2. The van der Waals surface area contributed by atoms with Crippen molar-refractivity contribution in [2.24, 2.45) is 0 Å². The first-order chi connectivity index (χ1) is 9.91. The number of carbonyl (C=O) groups excluding carboxylic acids is 1. The highest BCUT2D eigenvalue weighted by molar-refractivity contribution is 6.43. The Kier molecular flexibility index (Phi) is 5.08. The molecular weight excluding hydrogens is 315 g/mol. The molecule has 1 aliphatic rings. The molecule has 114 valence electrons. The molecule has 1 aromatic rings. The summed E-state index contributed by atoms with van der Waals surface area (Å²) < 4.78 is 0. The van der Waals surface area contributed by atoms with Gasteiger partial charge in [0, 0.05) is 26.2 Å². The molecule has 1 amide bonds. The lowest BCUT2D eigenvalue weighted by Gasteiger charge is -2.36. The fraction of sp³-hybridized carbons (Fsp3) is 0.429. The van der Waals surface area contributed by atoms with Gasteiger partial charge in [0.2, 0.25) is 0 Å². The van der Waals surface area contributed by atoms with Crippen molar-refractivity contribution in [2.75, 3.05) is 26.2 Å². The minimum Gasteiger partial charge on any atom is -0.480 e. The van der Waals surface area contributed by atoms with E-state index < -0.39 is 12.0 Å². The van der Waals surface area contributed by atoms with Gasteiger partial charge in [0.1, 0.15) is 6.04 Å². The Morgan fingerprint density at radius 3 is 2.38 bits per heavy atom.